The summed E-state index contributed by atoms with van der Waals surface area (Å²) < 4.78 is 5.70. The number of rotatable bonds is 9. The van der Waals surface area contributed by atoms with Crippen LogP contribution in [0.4, 0.5) is 0 Å². The Morgan fingerprint density at radius 2 is 1.77 bits per heavy atom. The quantitative estimate of drug-likeness (QED) is 0.588. The van der Waals surface area contributed by atoms with E-state index in [4.69, 9.17) is 27.9 Å². The highest BCUT2D eigenvalue weighted by Crippen LogP contribution is 2.26. The van der Waals surface area contributed by atoms with Gasteiger partial charge in [0.1, 0.15) is 11.8 Å². The summed E-state index contributed by atoms with van der Waals surface area (Å²) in [5.74, 6) is 0.0354. The zero-order valence-electron chi connectivity index (χ0n) is 17.8. The number of ether oxygens (including phenoxy) is 1. The molecule has 7 heteroatoms. The molecule has 0 saturated heterocycles. The summed E-state index contributed by atoms with van der Waals surface area (Å²) in [5.41, 5.74) is 2.81. The number of benzene rings is 2. The maximum Gasteiger partial charge on any atom is 0.261 e. The number of hydrogen-bond donors (Lipinski definition) is 1. The lowest BCUT2D eigenvalue weighted by Gasteiger charge is -2.29. The molecule has 0 saturated carbocycles. The number of aryl methyl sites for hydroxylation is 2. The van der Waals surface area contributed by atoms with Gasteiger partial charge in [-0.1, -0.05) is 42.3 Å². The molecule has 1 atom stereocenters. The van der Waals surface area contributed by atoms with E-state index in [1.807, 2.05) is 39.0 Å². The van der Waals surface area contributed by atoms with Crippen LogP contribution in [0.5, 0.6) is 5.75 Å². The van der Waals surface area contributed by atoms with Gasteiger partial charge in [0.25, 0.3) is 5.91 Å². The van der Waals surface area contributed by atoms with Crippen LogP contribution in [0, 0.1) is 13.8 Å². The predicted molar refractivity (Wildman–Crippen MR) is 121 cm³/mol. The van der Waals surface area contributed by atoms with E-state index in [1.165, 1.54) is 4.90 Å². The molecule has 0 heterocycles. The van der Waals surface area contributed by atoms with Crippen molar-refractivity contribution in [3.05, 3.63) is 63.1 Å². The fraction of sp³-hybridized carbons (Fsp3) is 0.391. The average molecular weight is 451 g/mol. The van der Waals surface area contributed by atoms with E-state index in [2.05, 4.69) is 5.32 Å². The van der Waals surface area contributed by atoms with E-state index in [0.717, 1.165) is 17.5 Å². The van der Waals surface area contributed by atoms with Gasteiger partial charge in [0.05, 0.1) is 0 Å². The molecule has 0 radical (unpaired) electrons. The summed E-state index contributed by atoms with van der Waals surface area (Å²) >= 11 is 12.6. The van der Waals surface area contributed by atoms with E-state index in [1.54, 1.807) is 25.1 Å². The minimum Gasteiger partial charge on any atom is -0.484 e. The molecular formula is C23H28Cl2N2O3. The summed E-state index contributed by atoms with van der Waals surface area (Å²) in [6.07, 6.45) is 0.804. The van der Waals surface area contributed by atoms with Gasteiger partial charge in [-0.25, -0.2) is 0 Å². The molecule has 2 amide bonds. The topological polar surface area (TPSA) is 58.6 Å². The Morgan fingerprint density at radius 3 is 2.37 bits per heavy atom. The van der Waals surface area contributed by atoms with Crippen molar-refractivity contribution < 1.29 is 14.3 Å². The van der Waals surface area contributed by atoms with Gasteiger partial charge in [0.15, 0.2) is 6.61 Å². The SMILES string of the molecule is CCCNC(=O)[C@H](C)N(Cc1c(Cl)cccc1Cl)C(=O)COc1ccc(C)c(C)c1. The third-order valence-electron chi connectivity index (χ3n) is 4.95. The highest BCUT2D eigenvalue weighted by molar-refractivity contribution is 6.36. The monoisotopic (exact) mass is 450 g/mol. The summed E-state index contributed by atoms with van der Waals surface area (Å²) in [5, 5.41) is 3.71. The van der Waals surface area contributed by atoms with Gasteiger partial charge in [-0.05, 0) is 62.6 Å². The molecule has 30 heavy (non-hydrogen) atoms. The van der Waals surface area contributed by atoms with Crippen LogP contribution < -0.4 is 10.1 Å². The zero-order valence-corrected chi connectivity index (χ0v) is 19.3. The number of halogens is 2. The first-order chi connectivity index (χ1) is 14.2. The molecule has 0 bridgehead atoms. The second kappa shape index (κ2) is 11.2. The number of nitrogens with one attached hydrogen (secondary N) is 1. The molecule has 2 rings (SSSR count). The lowest BCUT2D eigenvalue weighted by molar-refractivity contribution is -0.142. The predicted octanol–water partition coefficient (Wildman–Crippen LogP) is 4.93. The molecule has 5 nitrogen and oxygen atoms in total. The molecule has 0 aliphatic carbocycles. The first-order valence-electron chi connectivity index (χ1n) is 9.94. The Labute approximate surface area is 188 Å². The molecule has 162 valence electrons. The van der Waals surface area contributed by atoms with E-state index >= 15 is 0 Å². The van der Waals surface area contributed by atoms with Gasteiger partial charge in [-0.15, -0.1) is 0 Å². The smallest absolute Gasteiger partial charge is 0.261 e. The second-order valence-corrected chi connectivity index (χ2v) is 8.04. The Balaban J connectivity index is 2.21. The number of hydrogen-bond acceptors (Lipinski definition) is 3. The highest BCUT2D eigenvalue weighted by Gasteiger charge is 2.27. The highest BCUT2D eigenvalue weighted by atomic mass is 35.5. The molecule has 0 unspecified atom stereocenters. The summed E-state index contributed by atoms with van der Waals surface area (Å²) in [6, 6.07) is 10.1. The third-order valence-corrected chi connectivity index (χ3v) is 5.66. The largest absolute Gasteiger partial charge is 0.484 e. The van der Waals surface area contributed by atoms with Crippen molar-refractivity contribution >= 4 is 35.0 Å². The maximum absolute atomic E-state index is 13.0. The molecule has 0 aliphatic heterocycles. The van der Waals surface area contributed by atoms with Crippen molar-refractivity contribution in [3.63, 3.8) is 0 Å². The lowest BCUT2D eigenvalue weighted by Crippen LogP contribution is -2.49. The van der Waals surface area contributed by atoms with Gasteiger partial charge in [0.2, 0.25) is 5.91 Å². The van der Waals surface area contributed by atoms with Crippen LogP contribution in [0.3, 0.4) is 0 Å². The molecule has 1 N–H and O–H groups in total. The summed E-state index contributed by atoms with van der Waals surface area (Å²) in [4.78, 5) is 27.0. The van der Waals surface area contributed by atoms with Crippen molar-refractivity contribution in [2.24, 2.45) is 0 Å². The molecule has 0 aromatic heterocycles. The Kier molecular flexibility index (Phi) is 9.00. The van der Waals surface area contributed by atoms with Gasteiger partial charge in [-0.3, -0.25) is 9.59 Å². The molecular weight excluding hydrogens is 423 g/mol. The number of carbonyl (C=O) groups excluding carboxylic acids is 2. The van der Waals surface area contributed by atoms with Gasteiger partial charge >= 0.3 is 0 Å². The number of carbonyl (C=O) groups is 2. The van der Waals surface area contributed by atoms with Gasteiger partial charge in [-0.2, -0.15) is 0 Å². The number of amides is 2. The van der Waals surface area contributed by atoms with Crippen LogP contribution >= 0.6 is 23.2 Å². The fourth-order valence-electron chi connectivity index (χ4n) is 2.86. The van der Waals surface area contributed by atoms with Crippen LogP contribution in [0.25, 0.3) is 0 Å². The van der Waals surface area contributed by atoms with Crippen molar-refractivity contribution in [2.75, 3.05) is 13.2 Å². The lowest BCUT2D eigenvalue weighted by atomic mass is 10.1. The first-order valence-corrected chi connectivity index (χ1v) is 10.7. The van der Waals surface area contributed by atoms with E-state index in [-0.39, 0.29) is 25.0 Å². The van der Waals surface area contributed by atoms with E-state index in [0.29, 0.717) is 27.9 Å². The standard InChI is InChI=1S/C23H28Cl2N2O3/c1-5-11-26-23(29)17(4)27(13-19-20(24)7-6-8-21(19)25)22(28)14-30-18-10-9-15(2)16(3)12-18/h6-10,12,17H,5,11,13-14H2,1-4H3,(H,26,29)/t17-/m0/s1. The molecule has 0 spiro atoms. The normalized spacial score (nSPS) is 11.7. The zero-order chi connectivity index (χ0) is 22.3. The van der Waals surface area contributed by atoms with E-state index in [9.17, 15) is 9.59 Å². The first kappa shape index (κ1) is 24.0. The number of nitrogens with zero attached hydrogens (tertiary/aromatic N) is 1. The average Bonchev–Trinajstić information content (AvgIpc) is 2.72. The molecule has 0 aliphatic rings. The molecule has 2 aromatic rings. The molecule has 2 aromatic carbocycles. The maximum atomic E-state index is 13.0. The van der Waals surface area contributed by atoms with Crippen molar-refractivity contribution in [1.29, 1.82) is 0 Å². The van der Waals surface area contributed by atoms with Crippen molar-refractivity contribution in [1.82, 2.24) is 10.2 Å². The molecule has 0 fully saturated rings. The van der Waals surface area contributed by atoms with E-state index < -0.39 is 6.04 Å². The van der Waals surface area contributed by atoms with Crippen LogP contribution in [0.2, 0.25) is 10.0 Å². The summed E-state index contributed by atoms with van der Waals surface area (Å²) in [6.45, 7) is 8.09. The van der Waals surface area contributed by atoms with Crippen molar-refractivity contribution in [2.45, 2.75) is 46.7 Å². The Morgan fingerprint density at radius 1 is 1.10 bits per heavy atom. The Hall–Kier alpha value is -2.24. The van der Waals surface area contributed by atoms with Crippen LogP contribution in [0.1, 0.15) is 37.0 Å². The van der Waals surface area contributed by atoms with Gasteiger partial charge < -0.3 is 15.0 Å². The third kappa shape index (κ3) is 6.38. The fourth-order valence-corrected chi connectivity index (χ4v) is 3.38. The van der Waals surface area contributed by atoms with Crippen LogP contribution in [0.15, 0.2) is 36.4 Å². The minimum atomic E-state index is -0.709. The summed E-state index contributed by atoms with van der Waals surface area (Å²) in [7, 11) is 0. The van der Waals surface area contributed by atoms with Crippen LogP contribution in [-0.4, -0.2) is 35.9 Å². The van der Waals surface area contributed by atoms with Gasteiger partial charge in [0, 0.05) is 28.7 Å². The minimum absolute atomic E-state index is 0.105. The van der Waals surface area contributed by atoms with Crippen molar-refractivity contribution in [3.8, 4) is 5.75 Å². The van der Waals surface area contributed by atoms with Crippen LogP contribution in [-0.2, 0) is 16.1 Å². The second-order valence-electron chi connectivity index (χ2n) is 7.22. The Bertz CT molecular complexity index is 882.